The van der Waals surface area contributed by atoms with Crippen LogP contribution in [0.5, 0.6) is 0 Å². The highest BCUT2D eigenvalue weighted by molar-refractivity contribution is 6.07. The van der Waals surface area contributed by atoms with Crippen molar-refractivity contribution in [3.63, 3.8) is 0 Å². The molecule has 2 aromatic rings. The highest BCUT2D eigenvalue weighted by atomic mass is 16.5. The van der Waals surface area contributed by atoms with Crippen molar-refractivity contribution in [3.05, 3.63) is 77.1 Å². The number of piperazine rings is 1. The lowest BCUT2D eigenvalue weighted by atomic mass is 10.0. The Hall–Kier alpha value is -3.13. The zero-order valence-corrected chi connectivity index (χ0v) is 17.1. The fourth-order valence-corrected chi connectivity index (χ4v) is 3.08. The summed E-state index contributed by atoms with van der Waals surface area (Å²) in [4.78, 5) is 28.4. The minimum Gasteiger partial charge on any atom is -0.314 e. The monoisotopic (exact) mass is 424 g/mol. The number of hydrogen-bond donors (Lipinski definition) is 3. The maximum absolute atomic E-state index is 12.7. The summed E-state index contributed by atoms with van der Waals surface area (Å²) in [5.41, 5.74) is 4.78. The van der Waals surface area contributed by atoms with Crippen molar-refractivity contribution in [1.82, 2.24) is 20.7 Å². The van der Waals surface area contributed by atoms with Crippen LogP contribution in [0, 0.1) is 0 Å². The number of pyridine rings is 1. The summed E-state index contributed by atoms with van der Waals surface area (Å²) in [6.07, 6.45) is 7.49. The first-order chi connectivity index (χ1) is 14.7. The van der Waals surface area contributed by atoms with Gasteiger partial charge in [-0.1, -0.05) is 43.8 Å². The van der Waals surface area contributed by atoms with Crippen LogP contribution in [-0.4, -0.2) is 53.5 Å². The van der Waals surface area contributed by atoms with E-state index >= 15 is 0 Å². The second-order valence-electron chi connectivity index (χ2n) is 6.62. The number of amides is 1. The molecule has 0 saturated carbocycles. The Morgan fingerprint density at radius 3 is 2.42 bits per heavy atom. The molecule has 1 aliphatic rings. The van der Waals surface area contributed by atoms with E-state index in [2.05, 4.69) is 15.2 Å². The van der Waals surface area contributed by atoms with Gasteiger partial charge in [-0.05, 0) is 42.8 Å². The van der Waals surface area contributed by atoms with E-state index in [1.807, 2.05) is 61.5 Å². The summed E-state index contributed by atoms with van der Waals surface area (Å²) in [5, 5.41) is 10.6. The van der Waals surface area contributed by atoms with E-state index in [0.717, 1.165) is 55.2 Å². The maximum atomic E-state index is 12.7. The third kappa shape index (κ3) is 9.04. The van der Waals surface area contributed by atoms with Crippen LogP contribution in [0.3, 0.4) is 0 Å². The third-order valence-corrected chi connectivity index (χ3v) is 4.47. The van der Waals surface area contributed by atoms with Gasteiger partial charge in [0, 0.05) is 38.3 Å². The number of rotatable bonds is 7. The van der Waals surface area contributed by atoms with Gasteiger partial charge in [0.25, 0.3) is 0 Å². The molecule has 7 nitrogen and oxygen atoms in total. The number of hydroxylamine groups is 1. The maximum Gasteiger partial charge on any atom is 0.230 e. The fourth-order valence-electron chi connectivity index (χ4n) is 3.08. The van der Waals surface area contributed by atoms with Gasteiger partial charge >= 0.3 is 0 Å². The van der Waals surface area contributed by atoms with Gasteiger partial charge < -0.3 is 5.32 Å². The molecule has 0 spiro atoms. The molecule has 0 radical (unpaired) electrons. The minimum atomic E-state index is 0. The molecule has 1 aromatic heterocycles. The number of carbonyl (C=O) groups is 2. The van der Waals surface area contributed by atoms with Gasteiger partial charge in [0.1, 0.15) is 0 Å². The number of benzene rings is 1. The van der Waals surface area contributed by atoms with Crippen LogP contribution in [0.2, 0.25) is 0 Å². The SMILES string of the molecule is C.C/C=C/c1cccc(/C=C/C(=O)c2ccccc2CN2CCNCC2)n1.O=CNO. The Morgan fingerprint density at radius 2 is 1.77 bits per heavy atom. The molecule has 3 rings (SSSR count). The van der Waals surface area contributed by atoms with Gasteiger partial charge in [0.15, 0.2) is 5.78 Å². The Morgan fingerprint density at radius 1 is 1.13 bits per heavy atom. The quantitative estimate of drug-likeness (QED) is 0.208. The molecule has 7 heteroatoms. The third-order valence-electron chi connectivity index (χ3n) is 4.47. The molecular weight excluding hydrogens is 392 g/mol. The van der Waals surface area contributed by atoms with E-state index in [1.54, 1.807) is 12.2 Å². The topological polar surface area (TPSA) is 94.6 Å². The average molecular weight is 425 g/mol. The molecule has 1 aliphatic heterocycles. The Bertz CT molecular complexity index is 875. The largest absolute Gasteiger partial charge is 0.314 e. The van der Waals surface area contributed by atoms with Crippen LogP contribution in [0.15, 0.2) is 54.6 Å². The number of hydrogen-bond acceptors (Lipinski definition) is 6. The number of aromatic nitrogens is 1. The van der Waals surface area contributed by atoms with Gasteiger partial charge in [-0.3, -0.25) is 19.7 Å². The lowest BCUT2D eigenvalue weighted by Crippen LogP contribution is -2.43. The summed E-state index contributed by atoms with van der Waals surface area (Å²) in [6.45, 7) is 6.81. The van der Waals surface area contributed by atoms with Gasteiger partial charge in [0.2, 0.25) is 6.41 Å². The van der Waals surface area contributed by atoms with Crippen LogP contribution in [-0.2, 0) is 11.3 Å². The minimum absolute atomic E-state index is 0. The zero-order valence-electron chi connectivity index (χ0n) is 17.1. The lowest BCUT2D eigenvalue weighted by molar-refractivity contribution is -0.116. The molecular formula is C24H32N4O3. The Balaban J connectivity index is 0.000000885. The van der Waals surface area contributed by atoms with Gasteiger partial charge in [-0.15, -0.1) is 0 Å². The van der Waals surface area contributed by atoms with E-state index in [0.29, 0.717) is 0 Å². The van der Waals surface area contributed by atoms with Crippen molar-refractivity contribution in [2.24, 2.45) is 0 Å². The van der Waals surface area contributed by atoms with Crippen molar-refractivity contribution in [3.8, 4) is 0 Å². The summed E-state index contributed by atoms with van der Waals surface area (Å²) in [6, 6.07) is 13.7. The van der Waals surface area contributed by atoms with Gasteiger partial charge in [-0.25, -0.2) is 10.5 Å². The van der Waals surface area contributed by atoms with Crippen molar-refractivity contribution in [2.75, 3.05) is 26.2 Å². The molecule has 1 saturated heterocycles. The molecule has 0 unspecified atom stereocenters. The van der Waals surface area contributed by atoms with Crippen molar-refractivity contribution < 1.29 is 14.8 Å². The average Bonchev–Trinajstić information content (AvgIpc) is 2.79. The number of carbonyl (C=O) groups excluding carboxylic acids is 2. The lowest BCUT2D eigenvalue weighted by Gasteiger charge is -2.27. The number of nitrogens with one attached hydrogen (secondary N) is 2. The van der Waals surface area contributed by atoms with Crippen LogP contribution in [0.1, 0.15) is 41.7 Å². The molecule has 1 aromatic carbocycles. The van der Waals surface area contributed by atoms with E-state index in [-0.39, 0.29) is 19.6 Å². The summed E-state index contributed by atoms with van der Waals surface area (Å²) in [5.74, 6) is 0.0222. The predicted octanol–water partition coefficient (Wildman–Crippen LogP) is 3.17. The van der Waals surface area contributed by atoms with Crippen molar-refractivity contribution >= 4 is 24.3 Å². The van der Waals surface area contributed by atoms with Crippen LogP contribution >= 0.6 is 0 Å². The highest BCUT2D eigenvalue weighted by Crippen LogP contribution is 2.14. The van der Waals surface area contributed by atoms with E-state index in [1.165, 1.54) is 5.48 Å². The predicted molar refractivity (Wildman–Crippen MR) is 125 cm³/mol. The standard InChI is InChI=1S/C22H25N3O.CH3NO2.CH4/c1-2-6-19-8-5-9-20(24-19)11-12-22(26)21-10-4-3-7-18(21)17-25-15-13-23-14-16-25;3-1-2-4;/h2-12,23H,13-17H2,1H3;1,4H,(H,2,3);1H4/b6-2+,12-11+;;. The molecule has 1 fully saturated rings. The Kier molecular flexibility index (Phi) is 12.4. The summed E-state index contributed by atoms with van der Waals surface area (Å²) < 4.78 is 0. The molecule has 0 bridgehead atoms. The first-order valence-corrected chi connectivity index (χ1v) is 9.84. The summed E-state index contributed by atoms with van der Waals surface area (Å²) >= 11 is 0. The number of nitrogens with zero attached hydrogens (tertiary/aromatic N) is 2. The van der Waals surface area contributed by atoms with Crippen molar-refractivity contribution in [1.29, 1.82) is 0 Å². The molecule has 1 amide bonds. The summed E-state index contributed by atoms with van der Waals surface area (Å²) in [7, 11) is 0. The zero-order chi connectivity index (χ0) is 21.6. The van der Waals surface area contributed by atoms with Crippen LogP contribution in [0.25, 0.3) is 12.2 Å². The van der Waals surface area contributed by atoms with Crippen LogP contribution < -0.4 is 10.8 Å². The second kappa shape index (κ2) is 14.8. The second-order valence-corrected chi connectivity index (χ2v) is 6.62. The van der Waals surface area contributed by atoms with E-state index in [4.69, 9.17) is 10.0 Å². The van der Waals surface area contributed by atoms with Gasteiger partial charge in [0.05, 0.1) is 11.4 Å². The normalized spacial score (nSPS) is 13.9. The van der Waals surface area contributed by atoms with E-state index < -0.39 is 0 Å². The fraction of sp³-hybridized carbons (Fsp3) is 0.292. The van der Waals surface area contributed by atoms with Crippen molar-refractivity contribution in [2.45, 2.75) is 20.9 Å². The smallest absolute Gasteiger partial charge is 0.230 e. The molecule has 0 aliphatic carbocycles. The molecule has 3 N–H and O–H groups in total. The molecule has 31 heavy (non-hydrogen) atoms. The molecule has 166 valence electrons. The van der Waals surface area contributed by atoms with Gasteiger partial charge in [-0.2, -0.15) is 0 Å². The molecule has 2 heterocycles. The Labute approximate surface area is 184 Å². The highest BCUT2D eigenvalue weighted by Gasteiger charge is 2.14. The number of ketones is 1. The first-order valence-electron chi connectivity index (χ1n) is 9.84. The first kappa shape index (κ1) is 25.9. The van der Waals surface area contributed by atoms with Crippen LogP contribution in [0.4, 0.5) is 0 Å². The van der Waals surface area contributed by atoms with E-state index in [9.17, 15) is 4.79 Å². The number of allylic oxidation sites excluding steroid dienone is 2. The molecule has 0 atom stereocenters.